The van der Waals surface area contributed by atoms with E-state index in [1.807, 2.05) is 7.05 Å². The fourth-order valence-electron chi connectivity index (χ4n) is 2.41. The van der Waals surface area contributed by atoms with Crippen LogP contribution < -0.4 is 5.32 Å². The molecule has 0 saturated heterocycles. The highest BCUT2D eigenvalue weighted by molar-refractivity contribution is 5.61. The Morgan fingerprint density at radius 2 is 2.11 bits per heavy atom. The zero-order valence-corrected chi connectivity index (χ0v) is 10.6. The van der Waals surface area contributed by atoms with Gasteiger partial charge in [-0.25, -0.2) is 14.4 Å². The summed E-state index contributed by atoms with van der Waals surface area (Å²) in [7, 11) is 1.82. The molecule has 1 heterocycles. The number of fused-ring (bicyclic) bond motifs is 1. The van der Waals surface area contributed by atoms with E-state index in [9.17, 15) is 9.50 Å². The zero-order chi connectivity index (χ0) is 13.4. The summed E-state index contributed by atoms with van der Waals surface area (Å²) in [6, 6.07) is 4.19. The van der Waals surface area contributed by atoms with Gasteiger partial charge in [0.2, 0.25) is 0 Å². The Hall–Kier alpha value is -2.17. The topological polar surface area (TPSA) is 58.0 Å². The average molecular weight is 259 g/mol. The summed E-state index contributed by atoms with van der Waals surface area (Å²) in [5, 5.41) is 12.3. The molecule has 1 aliphatic carbocycles. The third-order valence-electron chi connectivity index (χ3n) is 3.38. The smallest absolute Gasteiger partial charge is 0.165 e. The van der Waals surface area contributed by atoms with E-state index in [1.54, 1.807) is 6.07 Å². The lowest BCUT2D eigenvalue weighted by Crippen LogP contribution is -2.03. The molecule has 19 heavy (non-hydrogen) atoms. The van der Waals surface area contributed by atoms with Gasteiger partial charge < -0.3 is 10.4 Å². The van der Waals surface area contributed by atoms with Crippen molar-refractivity contribution in [3.05, 3.63) is 35.3 Å². The van der Waals surface area contributed by atoms with Crippen LogP contribution in [0.1, 0.15) is 17.7 Å². The van der Waals surface area contributed by atoms with Crippen molar-refractivity contribution in [2.45, 2.75) is 19.3 Å². The van der Waals surface area contributed by atoms with E-state index >= 15 is 0 Å². The van der Waals surface area contributed by atoms with E-state index < -0.39 is 5.82 Å². The second-order valence-electron chi connectivity index (χ2n) is 4.59. The molecule has 0 radical (unpaired) electrons. The first-order chi connectivity index (χ1) is 9.19. The Balaban J connectivity index is 2.12. The summed E-state index contributed by atoms with van der Waals surface area (Å²) in [5.41, 5.74) is 2.76. The van der Waals surface area contributed by atoms with Crippen molar-refractivity contribution in [2.75, 3.05) is 12.4 Å². The molecule has 0 aliphatic heterocycles. The molecule has 2 aromatic rings. The van der Waals surface area contributed by atoms with E-state index in [1.165, 1.54) is 12.1 Å². The lowest BCUT2D eigenvalue weighted by Gasteiger charge is -2.09. The van der Waals surface area contributed by atoms with Crippen molar-refractivity contribution in [1.29, 1.82) is 0 Å². The number of hydrogen-bond donors (Lipinski definition) is 2. The molecule has 0 spiro atoms. The highest BCUT2D eigenvalue weighted by atomic mass is 19.1. The SMILES string of the molecule is CNc1nc(-c2ccc(O)c(F)c2)nc2c1CCC2. The van der Waals surface area contributed by atoms with Gasteiger partial charge in [0.15, 0.2) is 17.4 Å². The number of benzene rings is 1. The Bertz CT molecular complexity index is 643. The molecule has 0 bridgehead atoms. The van der Waals surface area contributed by atoms with Crippen LogP contribution in [0.3, 0.4) is 0 Å². The van der Waals surface area contributed by atoms with Crippen LogP contribution in [-0.2, 0) is 12.8 Å². The minimum absolute atomic E-state index is 0.362. The molecule has 1 aromatic heterocycles. The quantitative estimate of drug-likeness (QED) is 0.870. The summed E-state index contributed by atoms with van der Waals surface area (Å²) in [4.78, 5) is 8.94. The lowest BCUT2D eigenvalue weighted by molar-refractivity contribution is 0.432. The van der Waals surface area contributed by atoms with Crippen LogP contribution in [0.15, 0.2) is 18.2 Å². The van der Waals surface area contributed by atoms with E-state index in [0.717, 1.165) is 36.3 Å². The van der Waals surface area contributed by atoms with Gasteiger partial charge in [-0.2, -0.15) is 0 Å². The van der Waals surface area contributed by atoms with Crippen LogP contribution in [0, 0.1) is 5.82 Å². The highest BCUT2D eigenvalue weighted by Gasteiger charge is 2.19. The van der Waals surface area contributed by atoms with Crippen LogP contribution >= 0.6 is 0 Å². The number of phenols is 1. The number of anilines is 1. The second-order valence-corrected chi connectivity index (χ2v) is 4.59. The zero-order valence-electron chi connectivity index (χ0n) is 10.6. The van der Waals surface area contributed by atoms with Gasteiger partial charge >= 0.3 is 0 Å². The number of nitrogens with one attached hydrogen (secondary N) is 1. The molecule has 0 unspecified atom stereocenters. The van der Waals surface area contributed by atoms with E-state index in [-0.39, 0.29) is 5.75 Å². The monoisotopic (exact) mass is 259 g/mol. The van der Waals surface area contributed by atoms with Gasteiger partial charge in [0.05, 0.1) is 0 Å². The van der Waals surface area contributed by atoms with Crippen LogP contribution in [0.5, 0.6) is 5.75 Å². The minimum atomic E-state index is -0.660. The van der Waals surface area contributed by atoms with Crippen molar-refractivity contribution in [3.63, 3.8) is 0 Å². The molecule has 1 aliphatic rings. The maximum absolute atomic E-state index is 13.4. The number of rotatable bonds is 2. The molecule has 3 rings (SSSR count). The molecule has 0 atom stereocenters. The summed E-state index contributed by atoms with van der Waals surface area (Å²) in [5.74, 6) is 0.279. The van der Waals surface area contributed by atoms with Gasteiger partial charge in [-0.3, -0.25) is 0 Å². The standard InChI is InChI=1S/C14H14FN3O/c1-16-14-9-3-2-4-11(9)17-13(18-14)8-5-6-12(19)10(15)7-8/h5-7,19H,2-4H2,1H3,(H,16,17,18). The Labute approximate surface area is 110 Å². The van der Waals surface area contributed by atoms with E-state index in [4.69, 9.17) is 0 Å². The average Bonchev–Trinajstić information content (AvgIpc) is 2.89. The molecule has 98 valence electrons. The van der Waals surface area contributed by atoms with Crippen molar-refractivity contribution in [3.8, 4) is 17.1 Å². The number of aromatic hydroxyl groups is 1. The Morgan fingerprint density at radius 1 is 1.26 bits per heavy atom. The molecular weight excluding hydrogens is 245 g/mol. The van der Waals surface area contributed by atoms with Crippen LogP contribution in [0.2, 0.25) is 0 Å². The van der Waals surface area contributed by atoms with Crippen molar-refractivity contribution in [1.82, 2.24) is 9.97 Å². The van der Waals surface area contributed by atoms with Crippen LogP contribution in [0.25, 0.3) is 11.4 Å². The van der Waals surface area contributed by atoms with Gasteiger partial charge in [-0.05, 0) is 37.5 Å². The fourth-order valence-corrected chi connectivity index (χ4v) is 2.41. The first-order valence-electron chi connectivity index (χ1n) is 6.25. The molecule has 5 heteroatoms. The fraction of sp³-hybridized carbons (Fsp3) is 0.286. The second kappa shape index (κ2) is 4.50. The predicted molar refractivity (Wildman–Crippen MR) is 70.7 cm³/mol. The Morgan fingerprint density at radius 3 is 2.84 bits per heavy atom. The molecule has 0 amide bonds. The summed E-state index contributed by atoms with van der Waals surface area (Å²) < 4.78 is 13.4. The lowest BCUT2D eigenvalue weighted by atomic mass is 10.1. The summed E-state index contributed by atoms with van der Waals surface area (Å²) >= 11 is 0. The van der Waals surface area contributed by atoms with E-state index in [0.29, 0.717) is 11.4 Å². The first kappa shape index (κ1) is 11.9. The first-order valence-corrected chi connectivity index (χ1v) is 6.25. The number of hydrogen-bond acceptors (Lipinski definition) is 4. The molecule has 0 saturated carbocycles. The maximum Gasteiger partial charge on any atom is 0.165 e. The third kappa shape index (κ3) is 2.01. The molecule has 0 fully saturated rings. The number of aryl methyl sites for hydroxylation is 1. The highest BCUT2D eigenvalue weighted by Crippen LogP contribution is 2.30. The number of halogens is 1. The van der Waals surface area contributed by atoms with Crippen molar-refractivity contribution >= 4 is 5.82 Å². The van der Waals surface area contributed by atoms with E-state index in [2.05, 4.69) is 15.3 Å². The molecule has 2 N–H and O–H groups in total. The minimum Gasteiger partial charge on any atom is -0.505 e. The van der Waals surface area contributed by atoms with Gasteiger partial charge in [0, 0.05) is 23.9 Å². The Kier molecular flexibility index (Phi) is 2.81. The number of nitrogens with zero attached hydrogens (tertiary/aromatic N) is 2. The normalized spacial score (nSPS) is 13.4. The van der Waals surface area contributed by atoms with Gasteiger partial charge in [-0.15, -0.1) is 0 Å². The van der Waals surface area contributed by atoms with Gasteiger partial charge in [-0.1, -0.05) is 0 Å². The van der Waals surface area contributed by atoms with Crippen LogP contribution in [-0.4, -0.2) is 22.1 Å². The van der Waals surface area contributed by atoms with Crippen molar-refractivity contribution in [2.24, 2.45) is 0 Å². The van der Waals surface area contributed by atoms with Crippen LogP contribution in [0.4, 0.5) is 10.2 Å². The summed E-state index contributed by atoms with van der Waals surface area (Å²) in [6.07, 6.45) is 2.99. The third-order valence-corrected chi connectivity index (χ3v) is 3.38. The largest absolute Gasteiger partial charge is 0.505 e. The number of aromatic nitrogens is 2. The predicted octanol–water partition coefficient (Wildman–Crippen LogP) is 2.52. The number of phenolic OH excluding ortho intramolecular Hbond substituents is 1. The molecule has 1 aromatic carbocycles. The van der Waals surface area contributed by atoms with Gasteiger partial charge in [0.1, 0.15) is 5.82 Å². The van der Waals surface area contributed by atoms with Crippen molar-refractivity contribution < 1.29 is 9.50 Å². The summed E-state index contributed by atoms with van der Waals surface area (Å²) in [6.45, 7) is 0. The maximum atomic E-state index is 13.4. The van der Waals surface area contributed by atoms with Gasteiger partial charge in [0.25, 0.3) is 0 Å². The molecule has 4 nitrogen and oxygen atoms in total. The molecular formula is C14H14FN3O.